The number of amides is 1. The summed E-state index contributed by atoms with van der Waals surface area (Å²) >= 11 is 0. The highest BCUT2D eigenvalue weighted by molar-refractivity contribution is 6.10. The number of hydrogen-bond donors (Lipinski definition) is 4. The van der Waals surface area contributed by atoms with Crippen LogP contribution in [0.5, 0.6) is 0 Å². The Kier molecular flexibility index (Phi) is 5.27. The molecule has 5 N–H and O–H groups in total. The molecule has 5 heterocycles. The molecule has 39 heavy (non-hydrogen) atoms. The highest BCUT2D eigenvalue weighted by atomic mass is 19.4. The van der Waals surface area contributed by atoms with Gasteiger partial charge in [0.2, 0.25) is 5.91 Å². The molecule has 206 valence electrons. The molecule has 1 unspecified atom stereocenters. The SMILES string of the molecule is CN1C=C(C2(C3CC3)C(=O)Nc3nc(-c4nc(CCC(F)(F)C(F)(F)F)nc5c4cnn5C)nc(N)c32)NN1. The molecular weight excluding hydrogens is 529 g/mol. The number of halogens is 5. The Morgan fingerprint density at radius 1 is 1.13 bits per heavy atom. The zero-order valence-electron chi connectivity index (χ0n) is 20.6. The van der Waals surface area contributed by atoms with Crippen LogP contribution in [0, 0.1) is 5.92 Å². The van der Waals surface area contributed by atoms with Gasteiger partial charge in [-0.3, -0.25) is 14.5 Å². The van der Waals surface area contributed by atoms with Gasteiger partial charge in [0, 0.05) is 33.1 Å². The summed E-state index contributed by atoms with van der Waals surface area (Å²) in [6, 6.07) is 0. The molecule has 1 atom stereocenters. The number of aromatic nitrogens is 6. The quantitative estimate of drug-likeness (QED) is 0.335. The first kappa shape index (κ1) is 25.1. The molecule has 2 aliphatic heterocycles. The second kappa shape index (κ2) is 8.17. The minimum absolute atomic E-state index is 0.00156. The summed E-state index contributed by atoms with van der Waals surface area (Å²) in [5.41, 5.74) is 12.4. The summed E-state index contributed by atoms with van der Waals surface area (Å²) in [7, 11) is 3.29. The number of anilines is 2. The largest absolute Gasteiger partial charge is 0.453 e. The van der Waals surface area contributed by atoms with Crippen molar-refractivity contribution in [3.05, 3.63) is 29.5 Å². The fraction of sp³-hybridized carbons (Fsp3) is 0.455. The average molecular weight is 551 g/mol. The molecule has 0 aromatic carbocycles. The fourth-order valence-electron chi connectivity index (χ4n) is 5.13. The summed E-state index contributed by atoms with van der Waals surface area (Å²) < 4.78 is 66.7. The fourth-order valence-corrected chi connectivity index (χ4v) is 5.13. The van der Waals surface area contributed by atoms with Crippen LogP contribution in [0.25, 0.3) is 22.6 Å². The van der Waals surface area contributed by atoms with Crippen LogP contribution >= 0.6 is 0 Å². The van der Waals surface area contributed by atoms with Crippen molar-refractivity contribution >= 4 is 28.6 Å². The monoisotopic (exact) mass is 551 g/mol. The number of nitrogens with two attached hydrogens (primary N) is 1. The van der Waals surface area contributed by atoms with Crippen molar-refractivity contribution in [3.63, 3.8) is 0 Å². The van der Waals surface area contributed by atoms with Gasteiger partial charge in [-0.25, -0.2) is 19.9 Å². The lowest BCUT2D eigenvalue weighted by Gasteiger charge is -2.28. The van der Waals surface area contributed by atoms with Crippen LogP contribution < -0.4 is 22.0 Å². The van der Waals surface area contributed by atoms with Gasteiger partial charge in [0.25, 0.3) is 0 Å². The van der Waals surface area contributed by atoms with E-state index in [2.05, 4.69) is 41.3 Å². The molecule has 0 saturated heterocycles. The van der Waals surface area contributed by atoms with Crippen LogP contribution in [0.15, 0.2) is 18.1 Å². The first-order valence-corrected chi connectivity index (χ1v) is 11.9. The van der Waals surface area contributed by atoms with Gasteiger partial charge in [-0.2, -0.15) is 27.1 Å². The first-order valence-electron chi connectivity index (χ1n) is 11.9. The maximum Gasteiger partial charge on any atom is 0.453 e. The minimum atomic E-state index is -5.70. The molecule has 3 aromatic rings. The molecule has 1 saturated carbocycles. The van der Waals surface area contributed by atoms with Gasteiger partial charge in [-0.1, -0.05) is 0 Å². The van der Waals surface area contributed by atoms with Gasteiger partial charge in [0.15, 0.2) is 11.5 Å². The number of nitrogen functional groups attached to an aromatic ring is 1. The number of alkyl halides is 5. The molecule has 6 rings (SSSR count). The zero-order chi connectivity index (χ0) is 27.9. The molecule has 0 bridgehead atoms. The van der Waals surface area contributed by atoms with E-state index in [1.807, 2.05) is 0 Å². The maximum atomic E-state index is 13.6. The van der Waals surface area contributed by atoms with Gasteiger partial charge in [0.05, 0.1) is 22.8 Å². The maximum absolute atomic E-state index is 13.6. The zero-order valence-corrected chi connectivity index (χ0v) is 20.6. The van der Waals surface area contributed by atoms with E-state index in [4.69, 9.17) is 5.73 Å². The lowest BCUT2D eigenvalue weighted by atomic mass is 9.74. The van der Waals surface area contributed by atoms with E-state index in [-0.39, 0.29) is 46.5 Å². The third kappa shape index (κ3) is 3.74. The first-order chi connectivity index (χ1) is 18.3. The molecule has 1 fully saturated rings. The highest BCUT2D eigenvalue weighted by Crippen LogP contribution is 2.57. The number of carbonyl (C=O) groups is 1. The van der Waals surface area contributed by atoms with Crippen molar-refractivity contribution in [1.29, 1.82) is 0 Å². The van der Waals surface area contributed by atoms with E-state index in [0.717, 1.165) is 12.8 Å². The minimum Gasteiger partial charge on any atom is -0.383 e. The van der Waals surface area contributed by atoms with E-state index < -0.39 is 30.4 Å². The Balaban J connectivity index is 1.45. The van der Waals surface area contributed by atoms with Crippen molar-refractivity contribution in [1.82, 2.24) is 45.7 Å². The molecule has 1 aliphatic carbocycles. The third-order valence-corrected chi connectivity index (χ3v) is 7.15. The van der Waals surface area contributed by atoms with Crippen molar-refractivity contribution in [3.8, 4) is 11.5 Å². The van der Waals surface area contributed by atoms with E-state index >= 15 is 0 Å². The van der Waals surface area contributed by atoms with E-state index in [0.29, 0.717) is 16.6 Å². The molecule has 17 heteroatoms. The van der Waals surface area contributed by atoms with Gasteiger partial charge in [-0.05, 0) is 18.8 Å². The summed E-state index contributed by atoms with van der Waals surface area (Å²) in [6.45, 7) is 0. The van der Waals surface area contributed by atoms with Gasteiger partial charge in [-0.15, -0.1) is 5.53 Å². The summed E-state index contributed by atoms with van der Waals surface area (Å²) in [4.78, 5) is 30.8. The van der Waals surface area contributed by atoms with Crippen molar-refractivity contribution < 1.29 is 26.7 Å². The summed E-state index contributed by atoms with van der Waals surface area (Å²) in [6.07, 6.45) is -3.32. The number of carbonyl (C=O) groups excluding carboxylic acids is 1. The van der Waals surface area contributed by atoms with Crippen LogP contribution in [0.2, 0.25) is 0 Å². The number of fused-ring (bicyclic) bond motifs is 2. The summed E-state index contributed by atoms with van der Waals surface area (Å²) in [5.74, 6) is -5.49. The van der Waals surface area contributed by atoms with Gasteiger partial charge in [0.1, 0.15) is 28.6 Å². The second-order valence-corrected chi connectivity index (χ2v) is 9.78. The molecule has 1 amide bonds. The van der Waals surface area contributed by atoms with Crippen molar-refractivity contribution in [2.75, 3.05) is 18.1 Å². The van der Waals surface area contributed by atoms with Crippen molar-refractivity contribution in [2.24, 2.45) is 13.0 Å². The normalized spacial score (nSPS) is 21.3. The number of nitrogens with zero attached hydrogens (tertiary/aromatic N) is 7. The number of nitrogens with one attached hydrogen (secondary N) is 3. The number of rotatable bonds is 6. The highest BCUT2D eigenvalue weighted by Gasteiger charge is 2.61. The van der Waals surface area contributed by atoms with Crippen LogP contribution in [-0.4, -0.2) is 59.8 Å². The van der Waals surface area contributed by atoms with Crippen LogP contribution in [0.4, 0.5) is 33.6 Å². The van der Waals surface area contributed by atoms with Crippen molar-refractivity contribution in [2.45, 2.75) is 43.2 Å². The van der Waals surface area contributed by atoms with Crippen LogP contribution in [-0.2, 0) is 23.7 Å². The Labute approximate surface area is 216 Å². The Morgan fingerprint density at radius 2 is 1.87 bits per heavy atom. The van der Waals surface area contributed by atoms with E-state index in [9.17, 15) is 26.7 Å². The second-order valence-electron chi connectivity index (χ2n) is 9.78. The average Bonchev–Trinajstić information content (AvgIpc) is 3.40. The van der Waals surface area contributed by atoms with Gasteiger partial charge >= 0.3 is 12.1 Å². The smallest absolute Gasteiger partial charge is 0.383 e. The molecule has 3 aromatic heterocycles. The molecule has 3 aliphatic rings. The summed E-state index contributed by atoms with van der Waals surface area (Å²) in [5, 5.41) is 8.87. The predicted molar refractivity (Wildman–Crippen MR) is 126 cm³/mol. The number of hydrazine groups is 2. The molecular formula is C22H22F5N11O. The molecule has 12 nitrogen and oxygen atoms in total. The number of aryl methyl sites for hydroxylation is 2. The molecule has 0 radical (unpaired) electrons. The topological polar surface area (TPSA) is 152 Å². The Morgan fingerprint density at radius 3 is 2.51 bits per heavy atom. The van der Waals surface area contributed by atoms with E-state index in [1.54, 1.807) is 18.3 Å². The van der Waals surface area contributed by atoms with Gasteiger partial charge < -0.3 is 16.5 Å². The Bertz CT molecular complexity index is 1550. The molecule has 0 spiro atoms. The van der Waals surface area contributed by atoms with Crippen LogP contribution in [0.1, 0.15) is 30.7 Å². The third-order valence-electron chi connectivity index (χ3n) is 7.15. The van der Waals surface area contributed by atoms with E-state index in [1.165, 1.54) is 17.9 Å². The lowest BCUT2D eigenvalue weighted by Crippen LogP contribution is -2.45. The lowest BCUT2D eigenvalue weighted by molar-refractivity contribution is -0.284. The predicted octanol–water partition coefficient (Wildman–Crippen LogP) is 1.93. The van der Waals surface area contributed by atoms with Crippen LogP contribution in [0.3, 0.4) is 0 Å². The standard InChI is InChI=1S/C22H22F5N11O/c1-37-8-11(35-36-37)21(9-3-4-9)13-15(28)32-17(33-16(13)34-19(21)39)14-10-7-29-38(2)18(10)31-12(30-14)5-6-20(23,24)22(25,26)27/h7-9,35-36H,3-6H2,1-2H3,(H3,28,32,33,34,39). The number of hydrogen-bond acceptors (Lipinski definition) is 10. The Hall–Kier alpha value is -4.15.